The van der Waals surface area contributed by atoms with Crippen LogP contribution in [0.2, 0.25) is 0 Å². The molecule has 9 heteroatoms. The number of alkyl halides is 3. The lowest BCUT2D eigenvalue weighted by atomic mass is 9.95. The molecule has 2 amide bonds. The number of rotatable bonds is 5. The molecule has 0 saturated carbocycles. The van der Waals surface area contributed by atoms with Crippen LogP contribution in [0, 0.1) is 0 Å². The summed E-state index contributed by atoms with van der Waals surface area (Å²) in [5, 5.41) is 5.61. The van der Waals surface area contributed by atoms with Gasteiger partial charge in [0.25, 0.3) is 0 Å². The minimum absolute atomic E-state index is 0.0505. The predicted molar refractivity (Wildman–Crippen MR) is 126 cm³/mol. The molecule has 2 heterocycles. The van der Waals surface area contributed by atoms with E-state index in [1.54, 1.807) is 48.6 Å². The van der Waals surface area contributed by atoms with E-state index in [1.807, 2.05) is 0 Å². The molecule has 0 radical (unpaired) electrons. The highest BCUT2D eigenvalue weighted by atomic mass is 19.4. The number of amides is 2. The average Bonchev–Trinajstić information content (AvgIpc) is 3.20. The van der Waals surface area contributed by atoms with Crippen LogP contribution in [0.25, 0.3) is 6.08 Å². The largest absolute Gasteiger partial charge is 0.457 e. The summed E-state index contributed by atoms with van der Waals surface area (Å²) in [4.78, 5) is 23.0. The van der Waals surface area contributed by atoms with Gasteiger partial charge in [-0.3, -0.25) is 9.59 Å². The molecule has 1 unspecified atom stereocenters. The van der Waals surface area contributed by atoms with E-state index in [-0.39, 0.29) is 36.0 Å². The van der Waals surface area contributed by atoms with Gasteiger partial charge in [0.1, 0.15) is 18.1 Å². The number of ether oxygens (including phenoxy) is 2. The number of carbonyl (C=O) groups is 2. The maximum Gasteiger partial charge on any atom is 0.420 e. The topological polar surface area (TPSA) is 76.7 Å². The molecule has 0 bridgehead atoms. The Morgan fingerprint density at radius 1 is 1.03 bits per heavy atom. The highest BCUT2D eigenvalue weighted by Gasteiger charge is 2.35. The van der Waals surface area contributed by atoms with Crippen LogP contribution in [-0.2, 0) is 26.9 Å². The number of hydrogen-bond acceptors (Lipinski definition) is 4. The van der Waals surface area contributed by atoms with E-state index in [9.17, 15) is 22.8 Å². The van der Waals surface area contributed by atoms with E-state index in [4.69, 9.17) is 9.47 Å². The molecule has 6 nitrogen and oxygen atoms in total. The molecule has 3 aliphatic rings. The molecule has 186 valence electrons. The van der Waals surface area contributed by atoms with Gasteiger partial charge in [-0.1, -0.05) is 30.4 Å². The summed E-state index contributed by atoms with van der Waals surface area (Å²) in [6.45, 7) is 0.458. The Morgan fingerprint density at radius 3 is 2.58 bits per heavy atom. The van der Waals surface area contributed by atoms with Gasteiger partial charge in [0, 0.05) is 5.70 Å². The minimum Gasteiger partial charge on any atom is -0.457 e. The number of nitrogens with one attached hydrogen (secondary N) is 2. The summed E-state index contributed by atoms with van der Waals surface area (Å²) >= 11 is 0. The second-order valence-corrected chi connectivity index (χ2v) is 8.95. The van der Waals surface area contributed by atoms with Crippen molar-refractivity contribution in [2.45, 2.75) is 31.5 Å². The van der Waals surface area contributed by atoms with Crippen molar-refractivity contribution in [3.8, 4) is 11.5 Å². The van der Waals surface area contributed by atoms with Crippen LogP contribution in [0.3, 0.4) is 0 Å². The van der Waals surface area contributed by atoms with Crippen molar-refractivity contribution in [3.63, 3.8) is 0 Å². The van der Waals surface area contributed by atoms with E-state index in [1.165, 1.54) is 6.07 Å². The molecule has 2 aliphatic heterocycles. The molecule has 1 saturated heterocycles. The number of benzene rings is 2. The highest BCUT2D eigenvalue weighted by Crippen LogP contribution is 2.39. The number of carbonyl (C=O) groups excluding carboxylic acids is 2. The van der Waals surface area contributed by atoms with Crippen LogP contribution in [0.15, 0.2) is 71.5 Å². The van der Waals surface area contributed by atoms with E-state index in [0.717, 1.165) is 28.5 Å². The van der Waals surface area contributed by atoms with Gasteiger partial charge in [-0.15, -0.1) is 0 Å². The van der Waals surface area contributed by atoms with E-state index >= 15 is 0 Å². The quantitative estimate of drug-likeness (QED) is 0.631. The summed E-state index contributed by atoms with van der Waals surface area (Å²) in [6.07, 6.45) is 2.01. The van der Waals surface area contributed by atoms with Gasteiger partial charge in [0.15, 0.2) is 0 Å². The molecule has 2 N–H and O–H groups in total. The third-order valence-corrected chi connectivity index (χ3v) is 6.12. The van der Waals surface area contributed by atoms with Crippen LogP contribution in [0.1, 0.15) is 29.5 Å². The van der Waals surface area contributed by atoms with Crippen LogP contribution in [0.4, 0.5) is 13.2 Å². The fraction of sp³-hybridized carbons (Fsp3) is 0.259. The molecule has 1 atom stereocenters. The van der Waals surface area contributed by atoms with Crippen molar-refractivity contribution in [3.05, 3.63) is 88.2 Å². The van der Waals surface area contributed by atoms with Gasteiger partial charge in [-0.2, -0.15) is 13.2 Å². The van der Waals surface area contributed by atoms with Gasteiger partial charge in [0.05, 0.1) is 24.6 Å². The molecule has 0 aromatic heterocycles. The molecule has 36 heavy (non-hydrogen) atoms. The van der Waals surface area contributed by atoms with Crippen molar-refractivity contribution in [1.29, 1.82) is 0 Å². The van der Waals surface area contributed by atoms with Crippen LogP contribution < -0.4 is 15.4 Å². The Morgan fingerprint density at radius 2 is 1.83 bits per heavy atom. The number of hydrogen-bond donors (Lipinski definition) is 2. The summed E-state index contributed by atoms with van der Waals surface area (Å²) < 4.78 is 52.4. The van der Waals surface area contributed by atoms with Crippen LogP contribution >= 0.6 is 0 Å². The first kappa shape index (κ1) is 23.9. The van der Waals surface area contributed by atoms with Crippen molar-refractivity contribution < 1.29 is 32.2 Å². The molecule has 0 spiro atoms. The first-order valence-electron chi connectivity index (χ1n) is 11.5. The fourth-order valence-corrected chi connectivity index (χ4v) is 4.47. The van der Waals surface area contributed by atoms with Gasteiger partial charge < -0.3 is 20.1 Å². The Balaban J connectivity index is 1.31. The van der Waals surface area contributed by atoms with Crippen molar-refractivity contribution >= 4 is 17.9 Å². The number of halogens is 3. The van der Waals surface area contributed by atoms with Crippen molar-refractivity contribution in [2.24, 2.45) is 0 Å². The lowest BCUT2D eigenvalue weighted by molar-refractivity contribution is -0.138. The summed E-state index contributed by atoms with van der Waals surface area (Å²) in [5.41, 5.74) is 2.95. The predicted octanol–water partition coefficient (Wildman–Crippen LogP) is 4.67. The smallest absolute Gasteiger partial charge is 0.420 e. The lowest BCUT2D eigenvalue weighted by Crippen LogP contribution is -2.46. The maximum absolute atomic E-state index is 13.9. The third kappa shape index (κ3) is 5.52. The van der Waals surface area contributed by atoms with E-state index in [2.05, 4.69) is 10.6 Å². The monoisotopic (exact) mass is 496 g/mol. The second-order valence-electron chi connectivity index (χ2n) is 8.95. The standard InChI is InChI=1S/C27H23F3N2O4/c28-27(29,30)22-12-18(9-17-3-7-23-19(10-17)13-25(33)32-23)4-8-24(22)36-21-5-1-16(2-6-21)11-20-14-35-15-26(34)31-20/h1-9,12,20H,10-11,13-15H2,(H,31,34)(H,32,33). The molecule has 1 aliphatic carbocycles. The Kier molecular flexibility index (Phi) is 6.40. The molecule has 2 aromatic rings. The third-order valence-electron chi connectivity index (χ3n) is 6.12. The van der Waals surface area contributed by atoms with E-state index in [0.29, 0.717) is 31.4 Å². The van der Waals surface area contributed by atoms with Crippen LogP contribution in [0.5, 0.6) is 11.5 Å². The Bertz CT molecular complexity index is 1290. The van der Waals surface area contributed by atoms with Crippen molar-refractivity contribution in [1.82, 2.24) is 10.6 Å². The lowest BCUT2D eigenvalue weighted by Gasteiger charge is -2.23. The summed E-state index contributed by atoms with van der Waals surface area (Å²) in [7, 11) is 0. The minimum atomic E-state index is -4.61. The maximum atomic E-state index is 13.9. The Hall–Kier alpha value is -3.85. The summed E-state index contributed by atoms with van der Waals surface area (Å²) in [5.74, 6) is -0.265. The Labute approximate surface area is 205 Å². The zero-order valence-corrected chi connectivity index (χ0v) is 19.2. The van der Waals surface area contributed by atoms with Crippen molar-refractivity contribution in [2.75, 3.05) is 13.2 Å². The number of morpholine rings is 1. The fourth-order valence-electron chi connectivity index (χ4n) is 4.47. The number of allylic oxidation sites excluding steroid dienone is 3. The molecule has 1 fully saturated rings. The van der Waals surface area contributed by atoms with Gasteiger partial charge in [-0.05, 0) is 65.5 Å². The van der Waals surface area contributed by atoms with Gasteiger partial charge >= 0.3 is 6.18 Å². The van der Waals surface area contributed by atoms with E-state index < -0.39 is 11.7 Å². The summed E-state index contributed by atoms with van der Waals surface area (Å²) in [6, 6.07) is 10.5. The average molecular weight is 496 g/mol. The zero-order valence-electron chi connectivity index (χ0n) is 19.2. The van der Waals surface area contributed by atoms with Gasteiger partial charge in [0.2, 0.25) is 11.8 Å². The second kappa shape index (κ2) is 9.66. The first-order chi connectivity index (χ1) is 17.2. The van der Waals surface area contributed by atoms with Crippen LogP contribution in [-0.4, -0.2) is 31.1 Å². The molecular weight excluding hydrogens is 473 g/mol. The molecular formula is C27H23F3N2O4. The van der Waals surface area contributed by atoms with Gasteiger partial charge in [-0.25, -0.2) is 0 Å². The first-order valence-corrected chi connectivity index (χ1v) is 11.5. The molecule has 5 rings (SSSR count). The zero-order chi connectivity index (χ0) is 25.3. The normalized spacial score (nSPS) is 20.9. The highest BCUT2D eigenvalue weighted by molar-refractivity contribution is 5.86. The molecule has 2 aromatic carbocycles. The SMILES string of the molecule is O=C1CC2=C(C=CC(=Cc3ccc(Oc4ccc(CC5COCC(=O)N5)cc4)c(C(F)(F)F)c3)C2)N1.